The molecule has 1 aliphatic rings. The summed E-state index contributed by atoms with van der Waals surface area (Å²) in [4.78, 5) is 0. The van der Waals surface area contributed by atoms with Gasteiger partial charge in [0.2, 0.25) is 0 Å². The zero-order valence-electron chi connectivity index (χ0n) is 10.7. The highest BCUT2D eigenvalue weighted by atomic mass is 16.5. The van der Waals surface area contributed by atoms with Crippen molar-refractivity contribution in [1.29, 1.82) is 0 Å². The van der Waals surface area contributed by atoms with Gasteiger partial charge in [-0.2, -0.15) is 0 Å². The minimum absolute atomic E-state index is 0.296. The summed E-state index contributed by atoms with van der Waals surface area (Å²) >= 11 is 0. The molecular formula is C13H26O. The van der Waals surface area contributed by atoms with Crippen LogP contribution in [0.15, 0.2) is 0 Å². The summed E-state index contributed by atoms with van der Waals surface area (Å²) in [6.07, 6.45) is 2.91. The first kappa shape index (κ1) is 12.0. The summed E-state index contributed by atoms with van der Waals surface area (Å²) in [5, 5.41) is 0. The summed E-state index contributed by atoms with van der Waals surface area (Å²) in [7, 11) is 0. The summed E-state index contributed by atoms with van der Waals surface area (Å²) in [5.74, 6) is 0.820. The van der Waals surface area contributed by atoms with E-state index in [1.807, 2.05) is 0 Å². The second-order valence-corrected chi connectivity index (χ2v) is 6.81. The maximum atomic E-state index is 5.87. The van der Waals surface area contributed by atoms with Gasteiger partial charge in [0.1, 0.15) is 0 Å². The lowest BCUT2D eigenvalue weighted by Gasteiger charge is -2.42. The van der Waals surface area contributed by atoms with Crippen LogP contribution in [0.5, 0.6) is 0 Å². The molecule has 0 N–H and O–H groups in total. The predicted octanol–water partition coefficient (Wildman–Crippen LogP) is 3.87. The Morgan fingerprint density at radius 3 is 1.93 bits per heavy atom. The molecule has 14 heavy (non-hydrogen) atoms. The van der Waals surface area contributed by atoms with E-state index in [0.29, 0.717) is 16.9 Å². The summed E-state index contributed by atoms with van der Waals surface area (Å²) in [6.45, 7) is 14.8. The highest BCUT2D eigenvalue weighted by molar-refractivity contribution is 4.85. The Hall–Kier alpha value is -0.0400. The summed E-state index contributed by atoms with van der Waals surface area (Å²) < 4.78 is 5.87. The molecule has 0 aromatic heterocycles. The molecule has 0 amide bonds. The fraction of sp³-hybridized carbons (Fsp3) is 1.00. The molecule has 0 aromatic carbocycles. The van der Waals surface area contributed by atoms with E-state index in [4.69, 9.17) is 4.74 Å². The van der Waals surface area contributed by atoms with E-state index in [9.17, 15) is 0 Å². The van der Waals surface area contributed by atoms with Crippen molar-refractivity contribution in [2.24, 2.45) is 16.7 Å². The van der Waals surface area contributed by atoms with Gasteiger partial charge in [0.05, 0.1) is 6.10 Å². The molecule has 0 bridgehead atoms. The van der Waals surface area contributed by atoms with Gasteiger partial charge >= 0.3 is 0 Å². The Kier molecular flexibility index (Phi) is 3.30. The van der Waals surface area contributed by atoms with E-state index in [2.05, 4.69) is 41.5 Å². The van der Waals surface area contributed by atoms with Crippen molar-refractivity contribution in [2.45, 2.75) is 60.5 Å². The van der Waals surface area contributed by atoms with Crippen molar-refractivity contribution < 1.29 is 4.74 Å². The van der Waals surface area contributed by atoms with Crippen LogP contribution in [0.25, 0.3) is 0 Å². The fourth-order valence-electron chi connectivity index (χ4n) is 2.19. The molecule has 1 heterocycles. The average molecular weight is 198 g/mol. The van der Waals surface area contributed by atoms with Gasteiger partial charge in [0.25, 0.3) is 0 Å². The first-order valence-corrected chi connectivity index (χ1v) is 5.83. The van der Waals surface area contributed by atoms with Crippen molar-refractivity contribution in [3.05, 3.63) is 0 Å². The number of rotatable bonds is 0. The topological polar surface area (TPSA) is 9.23 Å². The van der Waals surface area contributed by atoms with Crippen LogP contribution >= 0.6 is 0 Å². The van der Waals surface area contributed by atoms with Gasteiger partial charge in [0.15, 0.2) is 0 Å². The third kappa shape index (κ3) is 2.98. The Bertz CT molecular complexity index is 162. The van der Waals surface area contributed by atoms with E-state index in [-0.39, 0.29) is 0 Å². The van der Waals surface area contributed by atoms with Gasteiger partial charge in [-0.05, 0) is 29.6 Å². The first-order chi connectivity index (χ1) is 6.21. The van der Waals surface area contributed by atoms with Crippen LogP contribution in [-0.4, -0.2) is 12.7 Å². The third-order valence-corrected chi connectivity index (χ3v) is 3.47. The number of ether oxygens (including phenoxy) is 1. The lowest BCUT2D eigenvalue weighted by molar-refractivity contribution is -0.0844. The Morgan fingerprint density at radius 1 is 0.929 bits per heavy atom. The van der Waals surface area contributed by atoms with Crippen molar-refractivity contribution in [3.8, 4) is 0 Å². The molecule has 1 aliphatic heterocycles. The molecule has 84 valence electrons. The van der Waals surface area contributed by atoms with Crippen molar-refractivity contribution in [2.75, 3.05) is 6.61 Å². The van der Waals surface area contributed by atoms with Crippen LogP contribution in [-0.2, 0) is 4.74 Å². The zero-order valence-corrected chi connectivity index (χ0v) is 10.7. The number of hydrogen-bond donors (Lipinski definition) is 0. The quantitative estimate of drug-likeness (QED) is 0.574. The zero-order chi connectivity index (χ0) is 11.0. The Labute approximate surface area is 89.2 Å². The van der Waals surface area contributed by atoms with Crippen LogP contribution in [0.3, 0.4) is 0 Å². The van der Waals surface area contributed by atoms with Gasteiger partial charge < -0.3 is 4.74 Å². The second kappa shape index (κ2) is 3.84. The number of hydrogen-bond acceptors (Lipinski definition) is 1. The van der Waals surface area contributed by atoms with Crippen LogP contribution in [0, 0.1) is 16.7 Å². The van der Waals surface area contributed by atoms with E-state index < -0.39 is 0 Å². The van der Waals surface area contributed by atoms with E-state index in [1.54, 1.807) is 0 Å². The van der Waals surface area contributed by atoms with Gasteiger partial charge in [-0.1, -0.05) is 41.5 Å². The predicted molar refractivity (Wildman–Crippen MR) is 61.4 cm³/mol. The second-order valence-electron chi connectivity index (χ2n) is 6.81. The van der Waals surface area contributed by atoms with Gasteiger partial charge in [-0.3, -0.25) is 0 Å². The molecule has 0 aromatic rings. The molecule has 1 fully saturated rings. The van der Waals surface area contributed by atoms with Crippen LogP contribution in [0.4, 0.5) is 0 Å². The molecule has 1 heteroatoms. The van der Waals surface area contributed by atoms with Crippen LogP contribution in [0.2, 0.25) is 0 Å². The molecular weight excluding hydrogens is 172 g/mol. The standard InChI is InChI=1S/C13H26O/c1-12(2,3)10-7-8-14-11(9-10)13(4,5)6/h10-11H,7-9H2,1-6H3. The lowest BCUT2D eigenvalue weighted by Crippen LogP contribution is -2.39. The van der Waals surface area contributed by atoms with Crippen LogP contribution in [0.1, 0.15) is 54.4 Å². The van der Waals surface area contributed by atoms with Crippen molar-refractivity contribution in [3.63, 3.8) is 0 Å². The van der Waals surface area contributed by atoms with E-state index >= 15 is 0 Å². The van der Waals surface area contributed by atoms with Crippen molar-refractivity contribution >= 4 is 0 Å². The maximum absolute atomic E-state index is 5.87. The summed E-state index contributed by atoms with van der Waals surface area (Å²) in [5.41, 5.74) is 0.733. The maximum Gasteiger partial charge on any atom is 0.0626 e. The minimum atomic E-state index is 0.296. The lowest BCUT2D eigenvalue weighted by atomic mass is 9.71. The SMILES string of the molecule is CC(C)(C)C1CCOC(C(C)(C)C)C1. The minimum Gasteiger partial charge on any atom is -0.378 e. The monoisotopic (exact) mass is 198 g/mol. The van der Waals surface area contributed by atoms with Gasteiger partial charge in [-0.25, -0.2) is 0 Å². The normalized spacial score (nSPS) is 30.4. The molecule has 0 aliphatic carbocycles. The molecule has 2 atom stereocenters. The molecule has 0 radical (unpaired) electrons. The van der Waals surface area contributed by atoms with Gasteiger partial charge in [0, 0.05) is 6.61 Å². The van der Waals surface area contributed by atoms with E-state index in [1.165, 1.54) is 12.8 Å². The molecule has 1 nitrogen and oxygen atoms in total. The molecule has 0 saturated carbocycles. The third-order valence-electron chi connectivity index (χ3n) is 3.47. The van der Waals surface area contributed by atoms with Crippen LogP contribution < -0.4 is 0 Å². The van der Waals surface area contributed by atoms with E-state index in [0.717, 1.165) is 12.5 Å². The smallest absolute Gasteiger partial charge is 0.0626 e. The first-order valence-electron chi connectivity index (χ1n) is 5.83. The van der Waals surface area contributed by atoms with Crippen molar-refractivity contribution in [1.82, 2.24) is 0 Å². The summed E-state index contributed by atoms with van der Waals surface area (Å²) in [6, 6.07) is 0. The molecule has 1 saturated heterocycles. The Balaban J connectivity index is 2.61. The molecule has 0 spiro atoms. The Morgan fingerprint density at radius 2 is 1.50 bits per heavy atom. The molecule has 2 unspecified atom stereocenters. The fourth-order valence-corrected chi connectivity index (χ4v) is 2.19. The average Bonchev–Trinajstić information content (AvgIpc) is 2.01. The van der Waals surface area contributed by atoms with Gasteiger partial charge in [-0.15, -0.1) is 0 Å². The highest BCUT2D eigenvalue weighted by Gasteiger charge is 2.36. The largest absolute Gasteiger partial charge is 0.378 e. The molecule has 1 rings (SSSR count). The highest BCUT2D eigenvalue weighted by Crippen LogP contribution is 2.40.